The van der Waals surface area contributed by atoms with Crippen molar-refractivity contribution in [3.05, 3.63) is 28.2 Å². The van der Waals surface area contributed by atoms with Crippen molar-refractivity contribution in [3.8, 4) is 0 Å². The fraction of sp³-hybridized carbons (Fsp3) is 0.364. The molecular weight excluding hydrogens is 315 g/mol. The number of methoxy groups -OCH3 is 1. The van der Waals surface area contributed by atoms with E-state index in [0.29, 0.717) is 5.69 Å². The van der Waals surface area contributed by atoms with E-state index in [2.05, 4.69) is 20.7 Å². The van der Waals surface area contributed by atoms with Crippen molar-refractivity contribution < 1.29 is 22.7 Å². The van der Waals surface area contributed by atoms with Gasteiger partial charge in [0.05, 0.1) is 18.4 Å². The lowest BCUT2D eigenvalue weighted by Crippen LogP contribution is -2.26. The van der Waals surface area contributed by atoms with Gasteiger partial charge in [-0.3, -0.25) is 4.79 Å². The molecule has 0 aliphatic heterocycles. The molecule has 7 heteroatoms. The highest BCUT2D eigenvalue weighted by molar-refractivity contribution is 9.10. The number of benzene rings is 1. The maximum Gasteiger partial charge on any atom is 0.416 e. The van der Waals surface area contributed by atoms with Gasteiger partial charge in [0.15, 0.2) is 0 Å². The first-order valence-electron chi connectivity index (χ1n) is 4.90. The molecule has 0 heterocycles. The monoisotopic (exact) mass is 325 g/mol. The number of esters is 1. The molecule has 0 aromatic heterocycles. The number of rotatable bonds is 3. The standard InChI is InChI=1S/C11H11BrF3NO2/c1-16(6-10(17)18-2)9-4-3-7(5-8(9)12)11(13,14)15/h3-5H,6H2,1-2H3. The lowest BCUT2D eigenvalue weighted by Gasteiger charge is -2.20. The van der Waals surface area contributed by atoms with Crippen molar-refractivity contribution in [1.82, 2.24) is 0 Å². The molecule has 0 atom stereocenters. The molecule has 0 saturated heterocycles. The Kier molecular flexibility index (Phi) is 4.61. The van der Waals surface area contributed by atoms with Crippen molar-refractivity contribution in [2.24, 2.45) is 0 Å². The topological polar surface area (TPSA) is 29.5 Å². The van der Waals surface area contributed by atoms with E-state index in [1.54, 1.807) is 7.05 Å². The normalized spacial score (nSPS) is 11.2. The maximum atomic E-state index is 12.5. The molecule has 100 valence electrons. The number of nitrogens with zero attached hydrogens (tertiary/aromatic N) is 1. The van der Waals surface area contributed by atoms with Crippen LogP contribution in [0.1, 0.15) is 5.56 Å². The highest BCUT2D eigenvalue weighted by Crippen LogP contribution is 2.34. The Bertz CT molecular complexity index is 448. The Morgan fingerprint density at radius 3 is 2.50 bits per heavy atom. The average molecular weight is 326 g/mol. The first-order valence-corrected chi connectivity index (χ1v) is 5.69. The van der Waals surface area contributed by atoms with Crippen LogP contribution in [0.4, 0.5) is 18.9 Å². The Balaban J connectivity index is 2.95. The second kappa shape index (κ2) is 5.60. The number of anilines is 1. The van der Waals surface area contributed by atoms with Gasteiger partial charge in [0.1, 0.15) is 6.54 Å². The molecule has 0 spiro atoms. The van der Waals surface area contributed by atoms with E-state index < -0.39 is 17.7 Å². The molecule has 0 saturated carbocycles. The minimum absolute atomic E-state index is 0.0412. The summed E-state index contributed by atoms with van der Waals surface area (Å²) in [4.78, 5) is 12.6. The number of halogens is 4. The van der Waals surface area contributed by atoms with Crippen LogP contribution in [0.25, 0.3) is 0 Å². The molecule has 0 fully saturated rings. The summed E-state index contributed by atoms with van der Waals surface area (Å²) in [6.07, 6.45) is -4.39. The van der Waals surface area contributed by atoms with Crippen LogP contribution in [0.5, 0.6) is 0 Å². The van der Waals surface area contributed by atoms with Gasteiger partial charge in [-0.15, -0.1) is 0 Å². The molecule has 1 aromatic carbocycles. The van der Waals surface area contributed by atoms with Crippen LogP contribution in [0, 0.1) is 0 Å². The molecule has 1 rings (SSSR count). The number of likely N-dealkylation sites (N-methyl/N-ethyl adjacent to an activating group) is 1. The molecule has 3 nitrogen and oxygen atoms in total. The molecule has 0 unspecified atom stereocenters. The summed E-state index contributed by atoms with van der Waals surface area (Å²) in [5.41, 5.74) is -0.266. The summed E-state index contributed by atoms with van der Waals surface area (Å²) in [7, 11) is 2.84. The molecule has 0 aliphatic rings. The smallest absolute Gasteiger partial charge is 0.416 e. The van der Waals surface area contributed by atoms with Gasteiger partial charge in [-0.25, -0.2) is 0 Å². The zero-order valence-electron chi connectivity index (χ0n) is 9.71. The summed E-state index contributed by atoms with van der Waals surface area (Å²) < 4.78 is 42.1. The summed E-state index contributed by atoms with van der Waals surface area (Å²) in [5, 5.41) is 0. The third kappa shape index (κ3) is 3.63. The molecule has 0 amide bonds. The fourth-order valence-electron chi connectivity index (χ4n) is 1.34. The van der Waals surface area contributed by atoms with E-state index in [-0.39, 0.29) is 11.0 Å². The number of carbonyl (C=O) groups is 1. The van der Waals surface area contributed by atoms with Gasteiger partial charge < -0.3 is 9.64 Å². The minimum atomic E-state index is -4.39. The molecule has 0 N–H and O–H groups in total. The van der Waals surface area contributed by atoms with Crippen molar-refractivity contribution in [1.29, 1.82) is 0 Å². The largest absolute Gasteiger partial charge is 0.468 e. The van der Waals surface area contributed by atoms with Crippen LogP contribution in [-0.2, 0) is 15.7 Å². The second-order valence-electron chi connectivity index (χ2n) is 3.60. The predicted molar refractivity (Wildman–Crippen MR) is 64.4 cm³/mol. The van der Waals surface area contributed by atoms with Crippen LogP contribution in [0.3, 0.4) is 0 Å². The van der Waals surface area contributed by atoms with Gasteiger partial charge in [-0.2, -0.15) is 13.2 Å². The quantitative estimate of drug-likeness (QED) is 0.800. The Morgan fingerprint density at radius 1 is 1.44 bits per heavy atom. The Morgan fingerprint density at radius 2 is 2.06 bits per heavy atom. The SMILES string of the molecule is COC(=O)CN(C)c1ccc(C(F)(F)F)cc1Br. The third-order valence-electron chi connectivity index (χ3n) is 2.28. The highest BCUT2D eigenvalue weighted by atomic mass is 79.9. The zero-order valence-corrected chi connectivity index (χ0v) is 11.3. The highest BCUT2D eigenvalue weighted by Gasteiger charge is 2.31. The molecule has 18 heavy (non-hydrogen) atoms. The summed E-state index contributed by atoms with van der Waals surface area (Å²) in [6, 6.07) is 3.24. The maximum absolute atomic E-state index is 12.5. The first-order chi connectivity index (χ1) is 8.25. The van der Waals surface area contributed by atoms with Crippen LogP contribution < -0.4 is 4.90 Å². The second-order valence-corrected chi connectivity index (χ2v) is 4.45. The van der Waals surface area contributed by atoms with Crippen LogP contribution >= 0.6 is 15.9 Å². The van der Waals surface area contributed by atoms with Crippen LogP contribution in [0.2, 0.25) is 0 Å². The lowest BCUT2D eigenvalue weighted by atomic mass is 10.2. The third-order valence-corrected chi connectivity index (χ3v) is 2.92. The van der Waals surface area contributed by atoms with E-state index in [1.165, 1.54) is 18.1 Å². The predicted octanol–water partition coefficient (Wildman–Crippen LogP) is 3.08. The summed E-state index contributed by atoms with van der Waals surface area (Å²) >= 11 is 3.06. The van der Waals surface area contributed by atoms with E-state index in [9.17, 15) is 18.0 Å². The van der Waals surface area contributed by atoms with Crippen molar-refractivity contribution in [2.45, 2.75) is 6.18 Å². The molecular formula is C11H11BrF3NO2. The molecule has 0 bridgehead atoms. The average Bonchev–Trinajstić information content (AvgIpc) is 2.27. The lowest BCUT2D eigenvalue weighted by molar-refractivity contribution is -0.139. The Hall–Kier alpha value is -1.24. The summed E-state index contributed by atoms with van der Waals surface area (Å²) in [5.74, 6) is -0.468. The Labute approximate surface area is 111 Å². The van der Waals surface area contributed by atoms with Gasteiger partial charge >= 0.3 is 12.1 Å². The van der Waals surface area contributed by atoms with Crippen molar-refractivity contribution >= 4 is 27.6 Å². The number of alkyl halides is 3. The van der Waals surface area contributed by atoms with Gasteiger partial charge in [-0.05, 0) is 34.1 Å². The van der Waals surface area contributed by atoms with Gasteiger partial charge in [0.2, 0.25) is 0 Å². The van der Waals surface area contributed by atoms with Crippen LogP contribution in [0.15, 0.2) is 22.7 Å². The molecule has 1 aromatic rings. The molecule has 0 aliphatic carbocycles. The van der Waals surface area contributed by atoms with Crippen molar-refractivity contribution in [3.63, 3.8) is 0 Å². The van der Waals surface area contributed by atoms with Gasteiger partial charge in [0, 0.05) is 11.5 Å². The number of ether oxygens (including phenoxy) is 1. The zero-order chi connectivity index (χ0) is 13.9. The number of hydrogen-bond acceptors (Lipinski definition) is 3. The van der Waals surface area contributed by atoms with E-state index in [1.807, 2.05) is 0 Å². The number of carbonyl (C=O) groups excluding carboxylic acids is 1. The van der Waals surface area contributed by atoms with Gasteiger partial charge in [-0.1, -0.05) is 0 Å². The first kappa shape index (κ1) is 14.8. The minimum Gasteiger partial charge on any atom is -0.468 e. The number of hydrogen-bond donors (Lipinski definition) is 0. The van der Waals surface area contributed by atoms with Gasteiger partial charge in [0.25, 0.3) is 0 Å². The molecule has 0 radical (unpaired) electrons. The summed E-state index contributed by atoms with van der Waals surface area (Å²) in [6.45, 7) is -0.0412. The van der Waals surface area contributed by atoms with Crippen molar-refractivity contribution in [2.75, 3.05) is 25.6 Å². The van der Waals surface area contributed by atoms with E-state index >= 15 is 0 Å². The van der Waals surface area contributed by atoms with E-state index in [4.69, 9.17) is 0 Å². The van der Waals surface area contributed by atoms with E-state index in [0.717, 1.165) is 12.1 Å². The van der Waals surface area contributed by atoms with Crippen LogP contribution in [-0.4, -0.2) is 26.7 Å². The fourth-order valence-corrected chi connectivity index (χ4v) is 2.02.